The average Bonchev–Trinajstić information content (AvgIpc) is 2.97. The zero-order valence-electron chi connectivity index (χ0n) is 11.3. The van der Waals surface area contributed by atoms with Crippen molar-refractivity contribution < 1.29 is 14.1 Å². The summed E-state index contributed by atoms with van der Waals surface area (Å²) in [6.07, 6.45) is -0.637. The Bertz CT molecular complexity index is 770. The molecule has 1 N–H and O–H groups in total. The van der Waals surface area contributed by atoms with Crippen LogP contribution in [0.5, 0.6) is 5.75 Å². The Morgan fingerprint density at radius 1 is 1.09 bits per heavy atom. The van der Waals surface area contributed by atoms with Crippen molar-refractivity contribution in [1.29, 1.82) is 0 Å². The number of halogens is 1. The SMILES string of the molecule is O=C(Nc1cc(-c2ccc(Cl)cc2)on1)Oc1ccccc1. The maximum atomic E-state index is 11.7. The molecule has 0 fully saturated rings. The highest BCUT2D eigenvalue weighted by Gasteiger charge is 2.11. The Morgan fingerprint density at radius 2 is 1.82 bits per heavy atom. The molecule has 3 aromatic rings. The first kappa shape index (κ1) is 14.2. The molecule has 0 spiro atoms. The van der Waals surface area contributed by atoms with E-state index >= 15 is 0 Å². The smallest absolute Gasteiger partial charge is 0.410 e. The van der Waals surface area contributed by atoms with E-state index in [0.29, 0.717) is 16.5 Å². The summed E-state index contributed by atoms with van der Waals surface area (Å²) in [4.78, 5) is 11.7. The van der Waals surface area contributed by atoms with Crippen LogP contribution in [-0.4, -0.2) is 11.2 Å². The van der Waals surface area contributed by atoms with Crippen LogP contribution in [0.3, 0.4) is 0 Å². The van der Waals surface area contributed by atoms with Gasteiger partial charge in [0.25, 0.3) is 0 Å². The second kappa shape index (κ2) is 6.32. The fraction of sp³-hybridized carbons (Fsp3) is 0. The molecule has 3 rings (SSSR count). The molecule has 0 unspecified atom stereocenters. The van der Waals surface area contributed by atoms with Crippen LogP contribution in [0.4, 0.5) is 10.6 Å². The van der Waals surface area contributed by atoms with Crippen molar-refractivity contribution in [3.8, 4) is 17.1 Å². The molecule has 0 atom stereocenters. The van der Waals surface area contributed by atoms with Crippen LogP contribution in [0.15, 0.2) is 65.2 Å². The molecule has 0 aliphatic rings. The molecular formula is C16H11ClN2O3. The van der Waals surface area contributed by atoms with Crippen molar-refractivity contribution in [3.63, 3.8) is 0 Å². The summed E-state index contributed by atoms with van der Waals surface area (Å²) >= 11 is 5.83. The van der Waals surface area contributed by atoms with E-state index in [9.17, 15) is 4.79 Å². The van der Waals surface area contributed by atoms with Gasteiger partial charge in [0.1, 0.15) is 5.75 Å². The second-order valence-electron chi connectivity index (χ2n) is 4.41. The van der Waals surface area contributed by atoms with E-state index in [-0.39, 0.29) is 5.82 Å². The molecule has 5 nitrogen and oxygen atoms in total. The van der Waals surface area contributed by atoms with E-state index in [1.54, 1.807) is 54.6 Å². The Balaban J connectivity index is 1.66. The van der Waals surface area contributed by atoms with Crippen molar-refractivity contribution in [1.82, 2.24) is 5.16 Å². The minimum absolute atomic E-state index is 0.269. The van der Waals surface area contributed by atoms with Crippen molar-refractivity contribution in [2.45, 2.75) is 0 Å². The van der Waals surface area contributed by atoms with Gasteiger partial charge in [-0.15, -0.1) is 0 Å². The number of nitrogens with zero attached hydrogens (tertiary/aromatic N) is 1. The summed E-state index contributed by atoms with van der Waals surface area (Å²) in [7, 11) is 0. The predicted octanol–water partition coefficient (Wildman–Crippen LogP) is 4.61. The Kier molecular flexibility index (Phi) is 4.07. The highest BCUT2D eigenvalue weighted by atomic mass is 35.5. The van der Waals surface area contributed by atoms with Crippen LogP contribution < -0.4 is 10.1 Å². The van der Waals surface area contributed by atoms with E-state index in [4.69, 9.17) is 20.9 Å². The first-order chi connectivity index (χ1) is 10.7. The molecule has 0 aliphatic carbocycles. The summed E-state index contributed by atoms with van der Waals surface area (Å²) in [6.45, 7) is 0. The average molecular weight is 315 g/mol. The predicted molar refractivity (Wildman–Crippen MR) is 83.0 cm³/mol. The molecule has 2 aromatic carbocycles. The maximum Gasteiger partial charge on any atom is 0.418 e. The minimum atomic E-state index is -0.637. The third-order valence-corrected chi connectivity index (χ3v) is 3.07. The van der Waals surface area contributed by atoms with Gasteiger partial charge >= 0.3 is 6.09 Å². The van der Waals surface area contributed by atoms with Crippen molar-refractivity contribution in [2.24, 2.45) is 0 Å². The lowest BCUT2D eigenvalue weighted by molar-refractivity contribution is 0.215. The van der Waals surface area contributed by atoms with Crippen LogP contribution in [0, 0.1) is 0 Å². The number of benzene rings is 2. The van der Waals surface area contributed by atoms with Crippen molar-refractivity contribution in [2.75, 3.05) is 5.32 Å². The number of hydrogen-bond donors (Lipinski definition) is 1. The molecule has 0 saturated heterocycles. The number of para-hydroxylation sites is 1. The third-order valence-electron chi connectivity index (χ3n) is 2.82. The monoisotopic (exact) mass is 314 g/mol. The van der Waals surface area contributed by atoms with Crippen LogP contribution in [0.2, 0.25) is 5.02 Å². The molecular weight excluding hydrogens is 304 g/mol. The number of anilines is 1. The van der Waals surface area contributed by atoms with Gasteiger partial charge in [-0.25, -0.2) is 4.79 Å². The molecule has 0 aliphatic heterocycles. The van der Waals surface area contributed by atoms with Gasteiger partial charge in [0, 0.05) is 16.7 Å². The Morgan fingerprint density at radius 3 is 2.55 bits per heavy atom. The summed E-state index contributed by atoms with van der Waals surface area (Å²) in [5.74, 6) is 1.24. The molecule has 0 saturated carbocycles. The van der Waals surface area contributed by atoms with Crippen LogP contribution >= 0.6 is 11.6 Å². The highest BCUT2D eigenvalue weighted by Crippen LogP contribution is 2.24. The third kappa shape index (κ3) is 3.45. The van der Waals surface area contributed by atoms with E-state index in [1.807, 2.05) is 6.07 Å². The molecule has 1 amide bonds. The topological polar surface area (TPSA) is 64.4 Å². The Labute approximate surface area is 131 Å². The van der Waals surface area contributed by atoms with Crippen LogP contribution in [0.25, 0.3) is 11.3 Å². The zero-order valence-corrected chi connectivity index (χ0v) is 12.1. The first-order valence-corrected chi connectivity index (χ1v) is 6.85. The largest absolute Gasteiger partial charge is 0.418 e. The van der Waals surface area contributed by atoms with Gasteiger partial charge in [0.05, 0.1) is 0 Å². The lowest BCUT2D eigenvalue weighted by atomic mass is 10.2. The second-order valence-corrected chi connectivity index (χ2v) is 4.85. The van der Waals surface area contributed by atoms with Crippen molar-refractivity contribution in [3.05, 3.63) is 65.7 Å². The number of carbonyl (C=O) groups is 1. The molecule has 0 radical (unpaired) electrons. The van der Waals surface area contributed by atoms with Gasteiger partial charge in [-0.2, -0.15) is 0 Å². The van der Waals surface area contributed by atoms with Gasteiger partial charge < -0.3 is 9.26 Å². The fourth-order valence-corrected chi connectivity index (χ4v) is 1.94. The summed E-state index contributed by atoms with van der Waals surface area (Å²) < 4.78 is 10.3. The molecule has 110 valence electrons. The number of nitrogens with one attached hydrogen (secondary N) is 1. The van der Waals surface area contributed by atoms with Gasteiger partial charge in [0.15, 0.2) is 11.6 Å². The lowest BCUT2D eigenvalue weighted by Gasteiger charge is -2.02. The minimum Gasteiger partial charge on any atom is -0.410 e. The number of carbonyl (C=O) groups excluding carboxylic acids is 1. The molecule has 1 aromatic heterocycles. The molecule has 1 heterocycles. The number of aromatic nitrogens is 1. The quantitative estimate of drug-likeness (QED) is 0.767. The van der Waals surface area contributed by atoms with E-state index < -0.39 is 6.09 Å². The molecule has 0 bridgehead atoms. The number of ether oxygens (including phenoxy) is 1. The van der Waals surface area contributed by atoms with Crippen LogP contribution in [-0.2, 0) is 0 Å². The fourth-order valence-electron chi connectivity index (χ4n) is 1.81. The summed E-state index contributed by atoms with van der Waals surface area (Å²) in [5.41, 5.74) is 0.807. The first-order valence-electron chi connectivity index (χ1n) is 6.47. The van der Waals surface area contributed by atoms with Crippen LogP contribution in [0.1, 0.15) is 0 Å². The van der Waals surface area contributed by atoms with Gasteiger partial charge in [-0.3, -0.25) is 5.32 Å². The zero-order chi connectivity index (χ0) is 15.4. The standard InChI is InChI=1S/C16H11ClN2O3/c17-12-8-6-11(7-9-12)14-10-15(19-22-14)18-16(20)21-13-4-2-1-3-5-13/h1-10H,(H,18,19,20). The van der Waals surface area contributed by atoms with Gasteiger partial charge in [0.2, 0.25) is 0 Å². The maximum absolute atomic E-state index is 11.7. The summed E-state index contributed by atoms with van der Waals surface area (Å²) in [5, 5.41) is 6.91. The molecule has 6 heteroatoms. The highest BCUT2D eigenvalue weighted by molar-refractivity contribution is 6.30. The number of amides is 1. The molecule has 22 heavy (non-hydrogen) atoms. The lowest BCUT2D eigenvalue weighted by Crippen LogP contribution is -2.16. The van der Waals surface area contributed by atoms with E-state index in [0.717, 1.165) is 5.56 Å². The number of hydrogen-bond acceptors (Lipinski definition) is 4. The number of rotatable bonds is 3. The van der Waals surface area contributed by atoms with E-state index in [1.165, 1.54) is 0 Å². The normalized spacial score (nSPS) is 10.2. The van der Waals surface area contributed by atoms with Crippen molar-refractivity contribution >= 4 is 23.5 Å². The summed E-state index contributed by atoms with van der Waals surface area (Å²) in [6, 6.07) is 17.4. The van der Waals surface area contributed by atoms with Gasteiger partial charge in [-0.05, 0) is 36.4 Å². The Hall–Kier alpha value is -2.79. The van der Waals surface area contributed by atoms with Gasteiger partial charge in [-0.1, -0.05) is 35.0 Å². The van der Waals surface area contributed by atoms with E-state index in [2.05, 4.69) is 10.5 Å².